The summed E-state index contributed by atoms with van der Waals surface area (Å²) in [6.07, 6.45) is 7.73. The minimum atomic E-state index is 0.265. The van der Waals surface area contributed by atoms with Gasteiger partial charge >= 0.3 is 0 Å². The maximum atomic E-state index is 6.08. The van der Waals surface area contributed by atoms with Crippen LogP contribution in [0.5, 0.6) is 11.5 Å². The number of hydrogen-bond acceptors (Lipinski definition) is 3. The van der Waals surface area contributed by atoms with Gasteiger partial charge in [-0.25, -0.2) is 0 Å². The smallest absolute Gasteiger partial charge is 0.193 e. The number of ether oxygens (including phenoxy) is 2. The highest BCUT2D eigenvalue weighted by Gasteiger charge is 2.25. The van der Waals surface area contributed by atoms with Gasteiger partial charge in [-0.05, 0) is 30.4 Å². The van der Waals surface area contributed by atoms with Crippen molar-refractivity contribution in [3.05, 3.63) is 18.2 Å². The van der Waals surface area contributed by atoms with Crippen molar-refractivity contribution in [3.63, 3.8) is 0 Å². The van der Waals surface area contributed by atoms with Crippen LogP contribution in [0.15, 0.2) is 23.2 Å². The average molecular weight is 319 g/mol. The van der Waals surface area contributed by atoms with Gasteiger partial charge in [-0.1, -0.05) is 32.6 Å². The maximum Gasteiger partial charge on any atom is 0.193 e. The van der Waals surface area contributed by atoms with Crippen LogP contribution in [0.25, 0.3) is 0 Å². The molecule has 2 rings (SSSR count). The molecule has 1 aromatic rings. The monoisotopic (exact) mass is 319 g/mol. The van der Waals surface area contributed by atoms with Gasteiger partial charge in [-0.15, -0.1) is 0 Å². The number of guanidine groups is 1. The number of nitrogens with one attached hydrogen (secondary N) is 1. The third-order valence-electron chi connectivity index (χ3n) is 4.61. The number of methoxy groups -OCH3 is 2. The van der Waals surface area contributed by atoms with E-state index in [2.05, 4.69) is 17.2 Å². The summed E-state index contributed by atoms with van der Waals surface area (Å²) >= 11 is 0. The summed E-state index contributed by atoms with van der Waals surface area (Å²) in [5.74, 6) is 1.88. The minimum Gasteiger partial charge on any atom is -0.497 e. The third-order valence-corrected chi connectivity index (χ3v) is 4.61. The molecule has 0 unspecified atom stereocenters. The molecule has 0 spiro atoms. The molecule has 0 bridgehead atoms. The topological polar surface area (TPSA) is 68.9 Å². The zero-order chi connectivity index (χ0) is 16.7. The van der Waals surface area contributed by atoms with E-state index in [0.29, 0.717) is 11.7 Å². The highest BCUT2D eigenvalue weighted by atomic mass is 16.5. The summed E-state index contributed by atoms with van der Waals surface area (Å²) in [7, 11) is 3.27. The molecule has 0 saturated heterocycles. The second-order valence-corrected chi connectivity index (χ2v) is 6.62. The number of aliphatic imine (C=N–C) groups is 1. The molecule has 5 heteroatoms. The Bertz CT molecular complexity index is 535. The number of hydrogen-bond donors (Lipinski definition) is 2. The fourth-order valence-electron chi connectivity index (χ4n) is 3.11. The predicted octanol–water partition coefficient (Wildman–Crippen LogP) is 3.79. The van der Waals surface area contributed by atoms with Crippen LogP contribution in [0.1, 0.15) is 45.4 Å². The summed E-state index contributed by atoms with van der Waals surface area (Å²) in [6, 6.07) is 5.56. The molecule has 1 fully saturated rings. The van der Waals surface area contributed by atoms with Crippen LogP contribution < -0.4 is 20.5 Å². The Morgan fingerprint density at radius 3 is 2.48 bits per heavy atom. The lowest BCUT2D eigenvalue weighted by atomic mass is 9.83. The summed E-state index contributed by atoms with van der Waals surface area (Å²) in [5.41, 5.74) is 7.11. The molecule has 1 aliphatic carbocycles. The van der Waals surface area contributed by atoms with E-state index >= 15 is 0 Å². The molecule has 23 heavy (non-hydrogen) atoms. The first kappa shape index (κ1) is 17.4. The summed E-state index contributed by atoms with van der Waals surface area (Å²) in [6.45, 7) is 3.08. The van der Waals surface area contributed by atoms with E-state index < -0.39 is 0 Å². The van der Waals surface area contributed by atoms with Crippen LogP contribution in [-0.2, 0) is 0 Å². The van der Waals surface area contributed by atoms with E-state index in [4.69, 9.17) is 15.2 Å². The predicted molar refractivity (Wildman–Crippen MR) is 95.5 cm³/mol. The second-order valence-electron chi connectivity index (χ2n) is 6.62. The Morgan fingerprint density at radius 1 is 1.17 bits per heavy atom. The molecule has 0 aliphatic heterocycles. The van der Waals surface area contributed by atoms with Crippen LogP contribution in [0.2, 0.25) is 0 Å². The zero-order valence-electron chi connectivity index (χ0n) is 14.5. The van der Waals surface area contributed by atoms with Gasteiger partial charge in [-0.3, -0.25) is 4.99 Å². The number of nitrogens with two attached hydrogens (primary N) is 1. The first-order valence-electron chi connectivity index (χ1n) is 8.35. The van der Waals surface area contributed by atoms with Crippen LogP contribution in [0.3, 0.4) is 0 Å². The number of rotatable bonds is 5. The minimum absolute atomic E-state index is 0.265. The molecule has 1 saturated carbocycles. The van der Waals surface area contributed by atoms with Gasteiger partial charge in [0, 0.05) is 12.6 Å². The van der Waals surface area contributed by atoms with Gasteiger partial charge in [0.2, 0.25) is 0 Å². The summed E-state index contributed by atoms with van der Waals surface area (Å²) in [4.78, 5) is 4.57. The Kier molecular flexibility index (Phi) is 6.13. The lowest BCUT2D eigenvalue weighted by molar-refractivity contribution is 0.290. The van der Waals surface area contributed by atoms with Crippen molar-refractivity contribution >= 4 is 11.6 Å². The van der Waals surface area contributed by atoms with Gasteiger partial charge in [0.15, 0.2) is 5.96 Å². The maximum absolute atomic E-state index is 6.08. The number of anilines is 1. The molecule has 0 aromatic heterocycles. The van der Waals surface area contributed by atoms with Gasteiger partial charge in [-0.2, -0.15) is 0 Å². The second kappa shape index (κ2) is 8.09. The van der Waals surface area contributed by atoms with Crippen LogP contribution in [-0.4, -0.2) is 26.7 Å². The van der Waals surface area contributed by atoms with Crippen LogP contribution in [0, 0.1) is 5.41 Å². The van der Waals surface area contributed by atoms with E-state index in [1.165, 1.54) is 38.5 Å². The first-order valence-corrected chi connectivity index (χ1v) is 8.35. The Hall–Kier alpha value is -1.91. The van der Waals surface area contributed by atoms with Crippen LogP contribution in [0.4, 0.5) is 5.69 Å². The molecule has 0 heterocycles. The number of nitrogens with zero attached hydrogens (tertiary/aromatic N) is 1. The largest absolute Gasteiger partial charge is 0.497 e. The SMILES string of the molecule is COc1ccc(OC)c(NC(N)=NCC2(C)CCCCCC2)c1. The van der Waals surface area contributed by atoms with Crippen molar-refractivity contribution < 1.29 is 9.47 Å². The standard InChI is InChI=1S/C18H29N3O2/c1-18(10-6-4-5-7-11-18)13-20-17(19)21-15-12-14(22-2)8-9-16(15)23-3/h8-9,12H,4-7,10-11,13H2,1-3H3,(H3,19,20,21). The number of benzene rings is 1. The molecule has 1 aliphatic rings. The van der Waals surface area contributed by atoms with E-state index in [1.54, 1.807) is 14.2 Å². The molecular formula is C18H29N3O2. The lowest BCUT2D eigenvalue weighted by Gasteiger charge is -2.26. The zero-order valence-corrected chi connectivity index (χ0v) is 14.5. The molecule has 0 amide bonds. The fourth-order valence-corrected chi connectivity index (χ4v) is 3.11. The molecule has 128 valence electrons. The Labute approximate surface area is 139 Å². The van der Waals surface area contributed by atoms with Crippen molar-refractivity contribution in [2.45, 2.75) is 45.4 Å². The molecule has 5 nitrogen and oxygen atoms in total. The fraction of sp³-hybridized carbons (Fsp3) is 0.611. The van der Waals surface area contributed by atoms with Gasteiger partial charge in [0.25, 0.3) is 0 Å². The Balaban J connectivity index is 2.04. The van der Waals surface area contributed by atoms with Crippen molar-refractivity contribution in [2.75, 3.05) is 26.1 Å². The highest BCUT2D eigenvalue weighted by molar-refractivity contribution is 5.94. The third kappa shape index (κ3) is 5.05. The first-order chi connectivity index (χ1) is 11.1. The van der Waals surface area contributed by atoms with Crippen molar-refractivity contribution in [1.29, 1.82) is 0 Å². The van der Waals surface area contributed by atoms with Crippen molar-refractivity contribution in [1.82, 2.24) is 0 Å². The quantitative estimate of drug-likeness (QED) is 0.492. The van der Waals surface area contributed by atoms with E-state index in [9.17, 15) is 0 Å². The highest BCUT2D eigenvalue weighted by Crippen LogP contribution is 2.35. The van der Waals surface area contributed by atoms with Gasteiger partial charge in [0.1, 0.15) is 11.5 Å². The van der Waals surface area contributed by atoms with E-state index in [-0.39, 0.29) is 5.41 Å². The van der Waals surface area contributed by atoms with E-state index in [1.807, 2.05) is 18.2 Å². The normalized spacial score (nSPS) is 18.1. The molecular weight excluding hydrogens is 290 g/mol. The molecule has 3 N–H and O–H groups in total. The lowest BCUT2D eigenvalue weighted by Crippen LogP contribution is -2.27. The Morgan fingerprint density at radius 2 is 1.87 bits per heavy atom. The van der Waals surface area contributed by atoms with Gasteiger partial charge < -0.3 is 20.5 Å². The summed E-state index contributed by atoms with van der Waals surface area (Å²) in [5, 5.41) is 3.13. The molecule has 0 atom stereocenters. The summed E-state index contributed by atoms with van der Waals surface area (Å²) < 4.78 is 10.6. The molecule has 1 aromatic carbocycles. The van der Waals surface area contributed by atoms with Crippen molar-refractivity contribution in [2.24, 2.45) is 16.1 Å². The molecule has 0 radical (unpaired) electrons. The van der Waals surface area contributed by atoms with Crippen LogP contribution >= 0.6 is 0 Å². The van der Waals surface area contributed by atoms with Crippen molar-refractivity contribution in [3.8, 4) is 11.5 Å². The average Bonchev–Trinajstić information content (AvgIpc) is 2.78. The van der Waals surface area contributed by atoms with Gasteiger partial charge in [0.05, 0.1) is 19.9 Å². The van der Waals surface area contributed by atoms with E-state index in [0.717, 1.165) is 18.0 Å².